The van der Waals surface area contributed by atoms with E-state index in [0.29, 0.717) is 35.0 Å². The molecule has 4 heterocycles. The minimum atomic E-state index is -4.36. The van der Waals surface area contributed by atoms with Crippen molar-refractivity contribution in [3.8, 4) is 0 Å². The maximum absolute atomic E-state index is 13.5. The van der Waals surface area contributed by atoms with Gasteiger partial charge in [-0.05, 0) is 33.1 Å². The highest BCUT2D eigenvalue weighted by Crippen LogP contribution is 2.41. The van der Waals surface area contributed by atoms with E-state index in [1.165, 1.54) is 11.3 Å². The summed E-state index contributed by atoms with van der Waals surface area (Å²) in [7, 11) is 0. The molecule has 2 aromatic heterocycles. The van der Waals surface area contributed by atoms with Crippen molar-refractivity contribution in [1.82, 2.24) is 19.7 Å². The maximum Gasteiger partial charge on any atom is 0.410 e. The summed E-state index contributed by atoms with van der Waals surface area (Å²) < 4.78 is 41.4. The van der Waals surface area contributed by atoms with E-state index in [2.05, 4.69) is 15.4 Å². The molecular weight excluding hydrogens is 379 g/mol. The van der Waals surface area contributed by atoms with Crippen LogP contribution in [0.15, 0.2) is 11.6 Å². The molecule has 3 atom stereocenters. The van der Waals surface area contributed by atoms with E-state index < -0.39 is 12.2 Å². The van der Waals surface area contributed by atoms with Gasteiger partial charge < -0.3 is 10.2 Å². The zero-order valence-electron chi connectivity index (χ0n) is 15.0. The smallest absolute Gasteiger partial charge is 0.368 e. The molecule has 27 heavy (non-hydrogen) atoms. The van der Waals surface area contributed by atoms with Gasteiger partial charge in [-0.1, -0.05) is 0 Å². The van der Waals surface area contributed by atoms with Crippen LogP contribution >= 0.6 is 11.3 Å². The number of thiazole rings is 1. The fourth-order valence-corrected chi connectivity index (χ4v) is 4.65. The van der Waals surface area contributed by atoms with Crippen molar-refractivity contribution in [2.75, 3.05) is 11.9 Å². The molecule has 0 aromatic carbocycles. The molecule has 0 radical (unpaired) electrons. The molecule has 0 saturated carbocycles. The second kappa shape index (κ2) is 6.50. The average molecular weight is 399 g/mol. The number of amides is 1. The van der Waals surface area contributed by atoms with Crippen molar-refractivity contribution in [3.63, 3.8) is 0 Å². The lowest BCUT2D eigenvalue weighted by atomic mass is 10.1. The number of fused-ring (bicyclic) bond motifs is 1. The van der Waals surface area contributed by atoms with Gasteiger partial charge in [-0.2, -0.15) is 18.3 Å². The summed E-state index contributed by atoms with van der Waals surface area (Å²) in [6, 6.07) is -0.603. The number of anilines is 1. The van der Waals surface area contributed by atoms with Gasteiger partial charge in [0.2, 0.25) is 0 Å². The molecular formula is C17H20F3N5OS. The number of likely N-dealkylation sites (tertiary alicyclic amines) is 1. The van der Waals surface area contributed by atoms with Gasteiger partial charge in [0.25, 0.3) is 5.91 Å². The number of rotatable bonds is 2. The van der Waals surface area contributed by atoms with Gasteiger partial charge in [0.05, 0.1) is 22.9 Å². The topological polar surface area (TPSA) is 63.1 Å². The summed E-state index contributed by atoms with van der Waals surface area (Å²) in [6.07, 6.45) is -2.94. The Labute approximate surface area is 158 Å². The van der Waals surface area contributed by atoms with E-state index in [-0.39, 0.29) is 24.4 Å². The van der Waals surface area contributed by atoms with E-state index >= 15 is 0 Å². The lowest BCUT2D eigenvalue weighted by molar-refractivity contribution is -0.173. The molecule has 2 aliphatic rings. The Hall–Kier alpha value is -2.10. The number of aryl methyl sites for hydroxylation is 1. The Morgan fingerprint density at radius 1 is 1.41 bits per heavy atom. The number of carbonyl (C=O) groups excluding carboxylic acids is 1. The molecule has 1 fully saturated rings. The van der Waals surface area contributed by atoms with Gasteiger partial charge in [-0.3, -0.25) is 4.79 Å². The van der Waals surface area contributed by atoms with Gasteiger partial charge in [0.1, 0.15) is 10.7 Å². The molecule has 2 aliphatic heterocycles. The van der Waals surface area contributed by atoms with Gasteiger partial charge in [0.15, 0.2) is 6.04 Å². The number of hydrogen-bond donors (Lipinski definition) is 1. The Morgan fingerprint density at radius 2 is 2.19 bits per heavy atom. The summed E-state index contributed by atoms with van der Waals surface area (Å²) in [5.74, 6) is 0.233. The van der Waals surface area contributed by atoms with Crippen LogP contribution in [-0.4, -0.2) is 44.3 Å². The Kier molecular flexibility index (Phi) is 4.40. The van der Waals surface area contributed by atoms with Gasteiger partial charge in [0, 0.05) is 18.7 Å². The van der Waals surface area contributed by atoms with Crippen molar-refractivity contribution < 1.29 is 18.0 Å². The summed E-state index contributed by atoms with van der Waals surface area (Å²) in [6.45, 7) is 4.08. The Bertz CT molecular complexity index is 861. The van der Waals surface area contributed by atoms with Crippen LogP contribution in [0.2, 0.25) is 0 Å². The van der Waals surface area contributed by atoms with Crippen molar-refractivity contribution in [1.29, 1.82) is 0 Å². The van der Waals surface area contributed by atoms with Crippen LogP contribution in [0.4, 0.5) is 19.0 Å². The van der Waals surface area contributed by atoms with Crippen LogP contribution in [-0.2, 0) is 0 Å². The quantitative estimate of drug-likeness (QED) is 0.831. The Balaban J connectivity index is 1.66. The summed E-state index contributed by atoms with van der Waals surface area (Å²) in [5, 5.41) is 7.36. The first-order valence-corrected chi connectivity index (χ1v) is 9.77. The van der Waals surface area contributed by atoms with Crippen LogP contribution in [0.5, 0.6) is 0 Å². The van der Waals surface area contributed by atoms with Crippen molar-refractivity contribution in [2.24, 2.45) is 0 Å². The molecule has 6 nitrogen and oxygen atoms in total. The Morgan fingerprint density at radius 3 is 2.85 bits per heavy atom. The highest BCUT2D eigenvalue weighted by atomic mass is 32.1. The second-order valence-corrected chi connectivity index (χ2v) is 8.02. The lowest BCUT2D eigenvalue weighted by Crippen LogP contribution is -2.38. The molecule has 0 spiro atoms. The molecule has 0 aliphatic carbocycles. The van der Waals surface area contributed by atoms with Gasteiger partial charge in [-0.25, -0.2) is 9.67 Å². The number of carbonyl (C=O) groups is 1. The van der Waals surface area contributed by atoms with Crippen LogP contribution in [0.3, 0.4) is 0 Å². The largest absolute Gasteiger partial charge is 0.410 e. The number of nitrogens with one attached hydrogen (secondary N) is 1. The number of hydrogen-bond acceptors (Lipinski definition) is 5. The minimum absolute atomic E-state index is 0.0645. The fourth-order valence-electron chi connectivity index (χ4n) is 3.89. The minimum Gasteiger partial charge on any atom is -0.368 e. The second-order valence-electron chi connectivity index (χ2n) is 7.16. The molecule has 0 bridgehead atoms. The molecule has 2 aromatic rings. The van der Waals surface area contributed by atoms with Crippen molar-refractivity contribution in [3.05, 3.63) is 27.8 Å². The monoisotopic (exact) mass is 399 g/mol. The van der Waals surface area contributed by atoms with Crippen LogP contribution < -0.4 is 5.32 Å². The van der Waals surface area contributed by atoms with Crippen molar-refractivity contribution in [2.45, 2.75) is 57.4 Å². The third kappa shape index (κ3) is 3.19. The standard InChI is InChI=1S/C17H20F3N5OS/c1-9-6-13(17(18,19)20)25-14(22-9)7-11(23-25)12-4-3-5-24(12)16(26)15-10(2)21-8-27-15/h7-9,12-13,22H,3-6H2,1-2H3/t9-,12+,13-/m1/s1. The van der Waals surface area contributed by atoms with E-state index in [0.717, 1.165) is 11.1 Å². The zero-order valence-corrected chi connectivity index (χ0v) is 15.8. The van der Waals surface area contributed by atoms with E-state index in [9.17, 15) is 18.0 Å². The summed E-state index contributed by atoms with van der Waals surface area (Å²) in [5.41, 5.74) is 2.81. The van der Waals surface area contributed by atoms with Crippen molar-refractivity contribution >= 4 is 23.1 Å². The third-order valence-electron chi connectivity index (χ3n) is 5.19. The molecule has 1 saturated heterocycles. The van der Waals surface area contributed by atoms with Gasteiger partial charge in [-0.15, -0.1) is 11.3 Å². The van der Waals surface area contributed by atoms with E-state index in [1.807, 2.05) is 0 Å². The highest BCUT2D eigenvalue weighted by molar-refractivity contribution is 7.11. The van der Waals surface area contributed by atoms with Crippen LogP contribution in [0.25, 0.3) is 0 Å². The zero-order chi connectivity index (χ0) is 19.3. The summed E-state index contributed by atoms with van der Waals surface area (Å²) in [4.78, 5) is 19.3. The van der Waals surface area contributed by atoms with E-state index in [1.54, 1.807) is 30.3 Å². The number of aromatic nitrogens is 3. The fraction of sp³-hybridized carbons (Fsp3) is 0.588. The third-order valence-corrected chi connectivity index (χ3v) is 6.11. The molecule has 146 valence electrons. The number of halogens is 3. The molecule has 1 N–H and O–H groups in total. The highest BCUT2D eigenvalue weighted by Gasteiger charge is 2.46. The molecule has 1 amide bonds. The number of nitrogens with zero attached hydrogens (tertiary/aromatic N) is 4. The summed E-state index contributed by atoms with van der Waals surface area (Å²) >= 11 is 1.28. The first-order valence-electron chi connectivity index (χ1n) is 8.89. The molecule has 10 heteroatoms. The normalized spacial score (nSPS) is 25.4. The predicted octanol–water partition coefficient (Wildman–Crippen LogP) is 3.93. The SMILES string of the molecule is Cc1ncsc1C(=O)N1CCC[C@H]1c1cc2n(n1)[C@@H](C(F)(F)F)C[C@@H](C)N2. The maximum atomic E-state index is 13.5. The lowest BCUT2D eigenvalue weighted by Gasteiger charge is -2.31. The van der Waals surface area contributed by atoms with Crippen LogP contribution in [0, 0.1) is 6.92 Å². The molecule has 4 rings (SSSR count). The first-order chi connectivity index (χ1) is 12.8. The average Bonchev–Trinajstić information content (AvgIpc) is 3.30. The number of alkyl halides is 3. The first kappa shape index (κ1) is 18.3. The van der Waals surface area contributed by atoms with E-state index in [4.69, 9.17) is 0 Å². The van der Waals surface area contributed by atoms with Gasteiger partial charge >= 0.3 is 6.18 Å². The van der Waals surface area contributed by atoms with Crippen LogP contribution in [0.1, 0.15) is 59.3 Å². The predicted molar refractivity (Wildman–Crippen MR) is 94.9 cm³/mol. The molecule has 0 unspecified atom stereocenters.